The molecule has 18 heavy (non-hydrogen) atoms. The lowest BCUT2D eigenvalue weighted by atomic mass is 9.87. The van der Waals surface area contributed by atoms with Gasteiger partial charge in [0, 0.05) is 13.1 Å². The second-order valence-electron chi connectivity index (χ2n) is 5.29. The molecule has 1 aromatic rings. The minimum absolute atomic E-state index is 0. The molecule has 5 heteroatoms. The Labute approximate surface area is 126 Å². The maximum Gasteiger partial charge on any atom is 0.415 e. The molecule has 4 nitrogen and oxygen atoms in total. The summed E-state index contributed by atoms with van der Waals surface area (Å²) in [4.78, 5) is 14.1. The first-order chi connectivity index (χ1) is 8.08. The summed E-state index contributed by atoms with van der Waals surface area (Å²) in [6.07, 6.45) is 10.3. The Morgan fingerprint density at radius 1 is 1.33 bits per heavy atom. The summed E-state index contributed by atoms with van der Waals surface area (Å²) < 4.78 is 3.53. The molecule has 1 amide bonds. The highest BCUT2D eigenvalue weighted by molar-refractivity contribution is 5.76. The third kappa shape index (κ3) is 3.46. The van der Waals surface area contributed by atoms with Gasteiger partial charge in [-0.2, -0.15) is 4.57 Å². The van der Waals surface area contributed by atoms with Gasteiger partial charge in [-0.25, -0.2) is 9.36 Å². The van der Waals surface area contributed by atoms with Crippen molar-refractivity contribution >= 4 is 6.03 Å². The quantitative estimate of drug-likeness (QED) is 0.455. The van der Waals surface area contributed by atoms with Gasteiger partial charge in [0.15, 0.2) is 0 Å². The van der Waals surface area contributed by atoms with Crippen molar-refractivity contribution in [1.82, 2.24) is 9.47 Å². The van der Waals surface area contributed by atoms with Crippen molar-refractivity contribution in [2.45, 2.75) is 38.6 Å². The Morgan fingerprint density at radius 2 is 1.94 bits per heavy atom. The summed E-state index contributed by atoms with van der Waals surface area (Å²) in [6, 6.07) is 0.483. The molecule has 0 N–H and O–H groups in total. The van der Waals surface area contributed by atoms with Crippen LogP contribution in [-0.2, 0) is 7.05 Å². The smallest absolute Gasteiger partial charge is 0.415 e. The Bertz CT molecular complexity index is 397. The van der Waals surface area contributed by atoms with Gasteiger partial charge in [-0.3, -0.25) is 0 Å². The Morgan fingerprint density at radius 3 is 2.44 bits per heavy atom. The molecular weight excluding hydrogens is 341 g/mol. The number of amides is 1. The van der Waals surface area contributed by atoms with Crippen LogP contribution < -0.4 is 28.5 Å². The Hall–Kier alpha value is -0.590. The van der Waals surface area contributed by atoms with Crippen LogP contribution in [0, 0.1) is 5.92 Å². The van der Waals surface area contributed by atoms with Crippen molar-refractivity contribution in [2.75, 3.05) is 7.05 Å². The topological polar surface area (TPSA) is 29.1 Å². The fourth-order valence-corrected chi connectivity index (χ4v) is 2.53. The molecule has 0 aromatic carbocycles. The monoisotopic (exact) mass is 363 g/mol. The van der Waals surface area contributed by atoms with Crippen LogP contribution in [0.2, 0.25) is 0 Å². The first-order valence-electron chi connectivity index (χ1n) is 6.38. The fourth-order valence-electron chi connectivity index (χ4n) is 2.53. The molecular formula is C13H22IN3O. The summed E-state index contributed by atoms with van der Waals surface area (Å²) in [6.45, 7) is 2.30. The normalized spacial score (nSPS) is 23.3. The van der Waals surface area contributed by atoms with Crippen LogP contribution in [0.25, 0.3) is 0 Å². The number of carbonyl (C=O) groups excluding carboxylic acids is 1. The number of hydrogen-bond acceptors (Lipinski definition) is 1. The van der Waals surface area contributed by atoms with Crippen LogP contribution in [-0.4, -0.2) is 28.6 Å². The first-order valence-corrected chi connectivity index (χ1v) is 6.38. The van der Waals surface area contributed by atoms with Gasteiger partial charge in [0.2, 0.25) is 0 Å². The molecule has 1 aromatic heterocycles. The molecule has 0 spiro atoms. The lowest BCUT2D eigenvalue weighted by Crippen LogP contribution is -3.00. The number of aromatic nitrogens is 2. The van der Waals surface area contributed by atoms with Crippen molar-refractivity contribution in [1.29, 1.82) is 0 Å². The Balaban J connectivity index is 0.00000162. The second-order valence-corrected chi connectivity index (χ2v) is 5.29. The van der Waals surface area contributed by atoms with E-state index in [9.17, 15) is 4.79 Å². The Kier molecular flexibility index (Phi) is 5.62. The van der Waals surface area contributed by atoms with E-state index >= 15 is 0 Å². The highest BCUT2D eigenvalue weighted by Gasteiger charge is 2.27. The van der Waals surface area contributed by atoms with E-state index in [4.69, 9.17) is 0 Å². The molecule has 0 unspecified atom stereocenters. The van der Waals surface area contributed by atoms with Crippen LogP contribution in [0.15, 0.2) is 18.7 Å². The maximum absolute atomic E-state index is 12.2. The summed E-state index contributed by atoms with van der Waals surface area (Å²) >= 11 is 0. The number of rotatable bonds is 1. The lowest BCUT2D eigenvalue weighted by molar-refractivity contribution is -0.670. The van der Waals surface area contributed by atoms with Gasteiger partial charge in [-0.15, -0.1) is 0 Å². The van der Waals surface area contributed by atoms with Crippen molar-refractivity contribution in [3.05, 3.63) is 18.7 Å². The molecule has 1 fully saturated rings. The number of nitrogens with zero attached hydrogens (tertiary/aromatic N) is 3. The molecule has 1 saturated carbocycles. The van der Waals surface area contributed by atoms with Crippen LogP contribution in [0.3, 0.4) is 0 Å². The van der Waals surface area contributed by atoms with Gasteiger partial charge in [-0.05, 0) is 31.6 Å². The zero-order valence-corrected chi connectivity index (χ0v) is 13.5. The molecule has 1 aliphatic carbocycles. The van der Waals surface area contributed by atoms with Gasteiger partial charge in [-0.1, -0.05) is 6.92 Å². The molecule has 1 heterocycles. The van der Waals surface area contributed by atoms with Crippen LogP contribution in [0.1, 0.15) is 32.6 Å². The first kappa shape index (κ1) is 15.5. The van der Waals surface area contributed by atoms with E-state index < -0.39 is 0 Å². The average Bonchev–Trinajstić information content (AvgIpc) is 2.75. The van der Waals surface area contributed by atoms with Gasteiger partial charge >= 0.3 is 6.03 Å². The predicted octanol–water partition coefficient (Wildman–Crippen LogP) is -1.20. The van der Waals surface area contributed by atoms with E-state index in [0.29, 0.717) is 6.04 Å². The minimum Gasteiger partial charge on any atom is -1.00 e. The second kappa shape index (κ2) is 6.54. The van der Waals surface area contributed by atoms with E-state index in [2.05, 4.69) is 6.92 Å². The number of halogens is 1. The van der Waals surface area contributed by atoms with E-state index in [1.807, 2.05) is 42.3 Å². The van der Waals surface area contributed by atoms with Gasteiger partial charge in [0.25, 0.3) is 6.33 Å². The molecule has 0 aliphatic heterocycles. The van der Waals surface area contributed by atoms with Crippen molar-refractivity contribution in [3.63, 3.8) is 0 Å². The summed E-state index contributed by atoms with van der Waals surface area (Å²) in [5, 5.41) is 0. The highest BCUT2D eigenvalue weighted by atomic mass is 127. The SMILES string of the molecule is CC1CCC(N(C)C(=O)n2cc[n+](C)c2)CC1.[I-]. The molecule has 0 atom stereocenters. The standard InChI is InChI=1S/C13H22N3O.HI/c1-11-4-6-12(7-5-11)15(3)13(17)16-9-8-14(2)10-16;/h8-12H,4-7H2,1-3H3;1H/q+1;/p-1. The average molecular weight is 363 g/mol. The predicted molar refractivity (Wildman–Crippen MR) is 65.6 cm³/mol. The zero-order valence-electron chi connectivity index (χ0n) is 11.3. The van der Waals surface area contributed by atoms with Crippen LogP contribution in [0.5, 0.6) is 0 Å². The third-order valence-corrected chi connectivity index (χ3v) is 3.82. The van der Waals surface area contributed by atoms with E-state index in [-0.39, 0.29) is 30.0 Å². The maximum atomic E-state index is 12.2. The molecule has 102 valence electrons. The van der Waals surface area contributed by atoms with Gasteiger partial charge in [0.05, 0.1) is 7.05 Å². The minimum atomic E-state index is 0. The zero-order chi connectivity index (χ0) is 12.4. The summed E-state index contributed by atoms with van der Waals surface area (Å²) in [7, 11) is 3.84. The van der Waals surface area contributed by atoms with Gasteiger partial charge < -0.3 is 28.9 Å². The third-order valence-electron chi connectivity index (χ3n) is 3.82. The van der Waals surface area contributed by atoms with Crippen LogP contribution >= 0.6 is 0 Å². The number of hydrogen-bond donors (Lipinski definition) is 0. The lowest BCUT2D eigenvalue weighted by Gasteiger charge is -2.32. The highest BCUT2D eigenvalue weighted by Crippen LogP contribution is 2.26. The molecule has 0 radical (unpaired) electrons. The van der Waals surface area contributed by atoms with E-state index in [1.54, 1.807) is 4.57 Å². The largest absolute Gasteiger partial charge is 1.00 e. The molecule has 0 saturated heterocycles. The van der Waals surface area contributed by atoms with Crippen molar-refractivity contribution in [2.24, 2.45) is 13.0 Å². The van der Waals surface area contributed by atoms with Crippen LogP contribution in [0.4, 0.5) is 4.79 Å². The number of carbonyl (C=O) groups is 1. The van der Waals surface area contributed by atoms with Gasteiger partial charge in [0.1, 0.15) is 12.4 Å². The summed E-state index contributed by atoms with van der Waals surface area (Å²) in [5.74, 6) is 0.819. The van der Waals surface area contributed by atoms with E-state index in [1.165, 1.54) is 12.8 Å². The molecule has 0 bridgehead atoms. The van der Waals surface area contributed by atoms with E-state index in [0.717, 1.165) is 18.8 Å². The van der Waals surface area contributed by atoms with Crippen molar-refractivity contribution < 1.29 is 33.3 Å². The van der Waals surface area contributed by atoms with Crippen molar-refractivity contribution in [3.8, 4) is 0 Å². The number of imidazole rings is 1. The number of aryl methyl sites for hydroxylation is 1. The summed E-state index contributed by atoms with van der Waals surface area (Å²) in [5.41, 5.74) is 0. The fraction of sp³-hybridized carbons (Fsp3) is 0.692. The molecule has 2 rings (SSSR count). The molecule has 1 aliphatic rings.